The first-order chi connectivity index (χ1) is 13.0. The average Bonchev–Trinajstić information content (AvgIpc) is 2.67. The topological polar surface area (TPSA) is 21.6 Å². The smallest absolute Gasteiger partial charge is 0.134 e. The summed E-state index contributed by atoms with van der Waals surface area (Å²) < 4.78 is 6.73. The number of benzene rings is 3. The van der Waals surface area contributed by atoms with E-state index in [9.17, 15) is 0 Å². The van der Waals surface area contributed by atoms with Crippen molar-refractivity contribution in [1.82, 2.24) is 0 Å². The van der Waals surface area contributed by atoms with Crippen LogP contribution in [0.25, 0.3) is 0 Å². The van der Waals surface area contributed by atoms with Crippen molar-refractivity contribution in [2.45, 2.75) is 20.0 Å². The minimum absolute atomic E-state index is 0.367. The van der Waals surface area contributed by atoms with Crippen LogP contribution in [0.2, 0.25) is 10.0 Å². The van der Waals surface area contributed by atoms with E-state index in [1.54, 1.807) is 12.1 Å². The molecule has 0 aliphatic heterocycles. The Morgan fingerprint density at radius 1 is 1.00 bits per heavy atom. The highest BCUT2D eigenvalue weighted by Gasteiger charge is 2.06. The van der Waals surface area contributed by atoms with E-state index in [0.29, 0.717) is 16.7 Å². The molecule has 0 spiro atoms. The lowest BCUT2D eigenvalue weighted by atomic mass is 10.1. The van der Waals surface area contributed by atoms with E-state index in [1.807, 2.05) is 42.6 Å². The molecule has 3 rings (SSSR count). The fraction of sp³-hybridized carbons (Fsp3) is 0.136. The molecular weight excluding hydrogens is 445 g/mol. The van der Waals surface area contributed by atoms with Crippen molar-refractivity contribution < 1.29 is 4.74 Å². The Morgan fingerprint density at radius 3 is 2.44 bits per heavy atom. The Hall–Kier alpha value is -1.81. The molecular formula is C22H18BrCl2NO. The summed E-state index contributed by atoms with van der Waals surface area (Å²) in [5.41, 5.74) is 4.10. The highest BCUT2D eigenvalue weighted by atomic mass is 79.9. The molecule has 5 heteroatoms. The number of aryl methyl sites for hydroxylation is 1. The van der Waals surface area contributed by atoms with Crippen molar-refractivity contribution in [2.24, 2.45) is 4.99 Å². The van der Waals surface area contributed by atoms with Gasteiger partial charge in [-0.15, -0.1) is 0 Å². The lowest BCUT2D eigenvalue weighted by Gasteiger charge is -2.10. The standard InChI is InChI=1S/C22H18BrCl2NO/c1-2-15-3-8-19(9-4-15)26-13-16-5-10-22(20(23)11-16)27-14-17-6-7-18(24)12-21(17)25/h3-13H,2,14H2,1H3. The van der Waals surface area contributed by atoms with E-state index in [0.717, 1.165) is 33.5 Å². The van der Waals surface area contributed by atoms with Gasteiger partial charge in [-0.3, -0.25) is 4.99 Å². The number of nitrogens with zero attached hydrogens (tertiary/aromatic N) is 1. The van der Waals surface area contributed by atoms with Crippen LogP contribution in [0.4, 0.5) is 5.69 Å². The van der Waals surface area contributed by atoms with Crippen LogP contribution >= 0.6 is 39.1 Å². The average molecular weight is 463 g/mol. The normalized spacial score (nSPS) is 11.1. The van der Waals surface area contributed by atoms with Gasteiger partial charge >= 0.3 is 0 Å². The third-order valence-electron chi connectivity index (χ3n) is 4.06. The number of ether oxygens (including phenoxy) is 1. The van der Waals surface area contributed by atoms with Gasteiger partial charge in [0.15, 0.2) is 0 Å². The van der Waals surface area contributed by atoms with Crippen LogP contribution < -0.4 is 4.74 Å². The summed E-state index contributed by atoms with van der Waals surface area (Å²) in [6.07, 6.45) is 2.87. The number of aliphatic imine (C=N–C) groups is 1. The molecule has 27 heavy (non-hydrogen) atoms. The van der Waals surface area contributed by atoms with Gasteiger partial charge < -0.3 is 4.74 Å². The van der Waals surface area contributed by atoms with E-state index < -0.39 is 0 Å². The van der Waals surface area contributed by atoms with E-state index >= 15 is 0 Å². The summed E-state index contributed by atoms with van der Waals surface area (Å²) in [5, 5.41) is 1.20. The Kier molecular flexibility index (Phi) is 6.95. The zero-order chi connectivity index (χ0) is 19.2. The maximum absolute atomic E-state index is 6.19. The van der Waals surface area contributed by atoms with Crippen LogP contribution in [0, 0.1) is 0 Å². The molecule has 0 radical (unpaired) electrons. The SMILES string of the molecule is CCc1ccc(N=Cc2ccc(OCc3ccc(Cl)cc3Cl)c(Br)c2)cc1. The molecule has 0 unspecified atom stereocenters. The molecule has 3 aromatic carbocycles. The maximum atomic E-state index is 6.19. The number of rotatable bonds is 6. The zero-order valence-corrected chi connectivity index (χ0v) is 17.9. The van der Waals surface area contributed by atoms with Gasteiger partial charge in [-0.25, -0.2) is 0 Å². The van der Waals surface area contributed by atoms with Crippen molar-refractivity contribution in [3.05, 3.63) is 91.9 Å². The molecule has 2 nitrogen and oxygen atoms in total. The second kappa shape index (κ2) is 9.41. The third kappa shape index (κ3) is 5.58. The molecule has 0 fully saturated rings. The van der Waals surface area contributed by atoms with Gasteiger partial charge in [0.05, 0.1) is 10.2 Å². The van der Waals surface area contributed by atoms with Crippen LogP contribution in [0.3, 0.4) is 0 Å². The molecule has 0 aliphatic rings. The summed E-state index contributed by atoms with van der Waals surface area (Å²) in [7, 11) is 0. The van der Waals surface area contributed by atoms with E-state index in [1.165, 1.54) is 5.56 Å². The molecule has 0 saturated carbocycles. The van der Waals surface area contributed by atoms with E-state index in [4.69, 9.17) is 27.9 Å². The second-order valence-electron chi connectivity index (χ2n) is 5.99. The molecule has 0 bridgehead atoms. The summed E-state index contributed by atoms with van der Waals surface area (Å²) >= 11 is 15.7. The number of hydrogen-bond donors (Lipinski definition) is 0. The van der Waals surface area contributed by atoms with Gasteiger partial charge in [0.2, 0.25) is 0 Å². The Labute approximate surface area is 177 Å². The molecule has 0 amide bonds. The van der Waals surface area contributed by atoms with Gasteiger partial charge in [0.1, 0.15) is 12.4 Å². The summed E-state index contributed by atoms with van der Waals surface area (Å²) in [6.45, 7) is 2.51. The molecule has 0 heterocycles. The van der Waals surface area contributed by atoms with Crippen molar-refractivity contribution in [2.75, 3.05) is 0 Å². The predicted octanol–water partition coefficient (Wildman–Crippen LogP) is 7.65. The number of hydrogen-bond acceptors (Lipinski definition) is 2. The molecule has 0 atom stereocenters. The summed E-state index contributed by atoms with van der Waals surface area (Å²) in [5.74, 6) is 0.741. The van der Waals surface area contributed by atoms with Crippen LogP contribution in [0.1, 0.15) is 23.6 Å². The van der Waals surface area contributed by atoms with E-state index in [-0.39, 0.29) is 0 Å². The minimum Gasteiger partial charge on any atom is -0.488 e. The monoisotopic (exact) mass is 461 g/mol. The molecule has 3 aromatic rings. The van der Waals surface area contributed by atoms with Gasteiger partial charge in [-0.2, -0.15) is 0 Å². The van der Waals surface area contributed by atoms with Crippen LogP contribution in [-0.2, 0) is 13.0 Å². The number of halogens is 3. The van der Waals surface area contributed by atoms with Crippen molar-refractivity contribution in [3.63, 3.8) is 0 Å². The quantitative estimate of drug-likeness (QED) is 0.344. The van der Waals surface area contributed by atoms with Crippen LogP contribution in [0.15, 0.2) is 70.1 Å². The fourth-order valence-electron chi connectivity index (χ4n) is 2.48. The highest BCUT2D eigenvalue weighted by molar-refractivity contribution is 9.10. The first-order valence-corrected chi connectivity index (χ1v) is 10.1. The Morgan fingerprint density at radius 2 is 1.78 bits per heavy atom. The largest absolute Gasteiger partial charge is 0.488 e. The van der Waals surface area contributed by atoms with Crippen LogP contribution in [0.5, 0.6) is 5.75 Å². The minimum atomic E-state index is 0.367. The maximum Gasteiger partial charge on any atom is 0.134 e. The Bertz CT molecular complexity index is 955. The van der Waals surface area contributed by atoms with Crippen molar-refractivity contribution in [1.29, 1.82) is 0 Å². The molecule has 0 aliphatic carbocycles. The fourth-order valence-corrected chi connectivity index (χ4v) is 3.45. The predicted molar refractivity (Wildman–Crippen MR) is 118 cm³/mol. The van der Waals surface area contributed by atoms with Crippen molar-refractivity contribution in [3.8, 4) is 5.75 Å². The van der Waals surface area contributed by atoms with Gasteiger partial charge in [0, 0.05) is 21.8 Å². The Balaban J connectivity index is 1.66. The second-order valence-corrected chi connectivity index (χ2v) is 7.69. The van der Waals surface area contributed by atoms with Crippen molar-refractivity contribution >= 4 is 51.0 Å². The van der Waals surface area contributed by atoms with Crippen LogP contribution in [-0.4, -0.2) is 6.21 Å². The van der Waals surface area contributed by atoms with E-state index in [2.05, 4.69) is 40.0 Å². The summed E-state index contributed by atoms with van der Waals surface area (Å²) in [4.78, 5) is 4.52. The summed E-state index contributed by atoms with van der Waals surface area (Å²) in [6, 6.07) is 19.5. The molecule has 0 aromatic heterocycles. The molecule has 138 valence electrons. The zero-order valence-electron chi connectivity index (χ0n) is 14.8. The lowest BCUT2D eigenvalue weighted by molar-refractivity contribution is 0.304. The highest BCUT2D eigenvalue weighted by Crippen LogP contribution is 2.28. The first-order valence-electron chi connectivity index (χ1n) is 8.54. The third-order valence-corrected chi connectivity index (χ3v) is 5.27. The van der Waals surface area contributed by atoms with Gasteiger partial charge in [0.25, 0.3) is 0 Å². The van der Waals surface area contributed by atoms with Gasteiger partial charge in [-0.1, -0.05) is 48.3 Å². The molecule has 0 N–H and O–H groups in total. The molecule has 0 saturated heterocycles. The van der Waals surface area contributed by atoms with Gasteiger partial charge in [-0.05, 0) is 75.9 Å². The first kappa shape index (κ1) is 19.9. The lowest BCUT2D eigenvalue weighted by Crippen LogP contribution is -1.97.